The summed E-state index contributed by atoms with van der Waals surface area (Å²) in [5.74, 6) is 0.655. The van der Waals surface area contributed by atoms with E-state index in [4.69, 9.17) is 9.97 Å². The molecular formula is C40H29N5. The third kappa shape index (κ3) is 6.14. The molecule has 0 spiro atoms. The number of nitrogens with zero attached hydrogens (tertiary/aromatic N) is 3. The van der Waals surface area contributed by atoms with Gasteiger partial charge in [-0.05, 0) is 41.5 Å². The maximum absolute atomic E-state index is 9.20. The Hall–Kier alpha value is -6.20. The van der Waals surface area contributed by atoms with Crippen LogP contribution in [0.5, 0.6) is 0 Å². The topological polar surface area (TPSA) is 74.6 Å². The Morgan fingerprint density at radius 1 is 0.489 bits per heavy atom. The van der Waals surface area contributed by atoms with E-state index in [9.17, 15) is 5.41 Å². The summed E-state index contributed by atoms with van der Waals surface area (Å²) < 4.78 is 0. The lowest BCUT2D eigenvalue weighted by Gasteiger charge is -2.14. The highest BCUT2D eigenvalue weighted by Crippen LogP contribution is 2.31. The first kappa shape index (κ1) is 27.6. The highest BCUT2D eigenvalue weighted by molar-refractivity contribution is 6.14. The van der Waals surface area contributed by atoms with Gasteiger partial charge in [-0.1, -0.05) is 121 Å². The minimum absolute atomic E-state index is 0.420. The second-order valence-electron chi connectivity index (χ2n) is 10.6. The van der Waals surface area contributed by atoms with E-state index >= 15 is 0 Å². The van der Waals surface area contributed by atoms with Crippen LogP contribution in [0.3, 0.4) is 0 Å². The molecule has 5 nitrogen and oxygen atoms in total. The van der Waals surface area contributed by atoms with E-state index in [1.807, 2.05) is 103 Å². The van der Waals surface area contributed by atoms with E-state index in [0.29, 0.717) is 11.5 Å². The number of benzene rings is 5. The second-order valence-corrected chi connectivity index (χ2v) is 10.6. The van der Waals surface area contributed by atoms with Crippen molar-refractivity contribution in [1.82, 2.24) is 15.0 Å². The van der Waals surface area contributed by atoms with Crippen LogP contribution in [0.4, 0.5) is 11.4 Å². The molecule has 2 heterocycles. The smallest absolute Gasteiger partial charge is 0.160 e. The van der Waals surface area contributed by atoms with Gasteiger partial charge in [0.25, 0.3) is 0 Å². The highest BCUT2D eigenvalue weighted by Gasteiger charge is 2.14. The molecule has 2 N–H and O–H groups in total. The van der Waals surface area contributed by atoms with Crippen molar-refractivity contribution in [3.8, 4) is 45.0 Å². The van der Waals surface area contributed by atoms with Crippen molar-refractivity contribution in [1.29, 1.82) is 5.41 Å². The number of rotatable bonds is 8. The van der Waals surface area contributed by atoms with Crippen molar-refractivity contribution in [2.75, 3.05) is 5.32 Å². The molecule has 0 bridgehead atoms. The van der Waals surface area contributed by atoms with Crippen molar-refractivity contribution < 1.29 is 0 Å². The van der Waals surface area contributed by atoms with Crippen LogP contribution in [0.1, 0.15) is 11.1 Å². The number of nitrogens with one attached hydrogen (secondary N) is 2. The molecule has 7 rings (SSSR count). The summed E-state index contributed by atoms with van der Waals surface area (Å²) >= 11 is 0. The van der Waals surface area contributed by atoms with E-state index in [0.717, 1.165) is 56.1 Å². The normalized spacial score (nSPS) is 10.8. The van der Waals surface area contributed by atoms with Gasteiger partial charge in [0.1, 0.15) is 0 Å². The van der Waals surface area contributed by atoms with Crippen LogP contribution in [0.25, 0.3) is 45.0 Å². The summed E-state index contributed by atoms with van der Waals surface area (Å²) in [6.07, 6.45) is 3.49. The highest BCUT2D eigenvalue weighted by atomic mass is 14.9. The van der Waals surface area contributed by atoms with Gasteiger partial charge >= 0.3 is 0 Å². The van der Waals surface area contributed by atoms with Gasteiger partial charge < -0.3 is 5.32 Å². The van der Waals surface area contributed by atoms with Crippen LogP contribution in [0.2, 0.25) is 0 Å². The zero-order valence-corrected chi connectivity index (χ0v) is 24.4. The summed E-state index contributed by atoms with van der Waals surface area (Å²) in [6.45, 7) is 0. The fraction of sp³-hybridized carbons (Fsp3) is 0. The van der Waals surface area contributed by atoms with Crippen LogP contribution >= 0.6 is 0 Å². The average Bonchev–Trinajstić information content (AvgIpc) is 3.13. The van der Waals surface area contributed by atoms with Gasteiger partial charge in [-0.25, -0.2) is 9.97 Å². The molecule has 7 aromatic rings. The summed E-state index contributed by atoms with van der Waals surface area (Å²) in [7, 11) is 0. The number of aromatic nitrogens is 3. The number of anilines is 2. The maximum Gasteiger partial charge on any atom is 0.160 e. The van der Waals surface area contributed by atoms with Gasteiger partial charge in [0, 0.05) is 51.6 Å². The van der Waals surface area contributed by atoms with Crippen LogP contribution in [-0.2, 0) is 0 Å². The molecule has 0 atom stereocenters. The van der Waals surface area contributed by atoms with Crippen molar-refractivity contribution in [3.05, 3.63) is 175 Å². The minimum atomic E-state index is 0.420. The summed E-state index contributed by atoms with van der Waals surface area (Å²) in [5, 5.41) is 12.6. The third-order valence-corrected chi connectivity index (χ3v) is 7.65. The van der Waals surface area contributed by atoms with E-state index in [1.54, 1.807) is 12.4 Å². The molecular weight excluding hydrogens is 550 g/mol. The SMILES string of the molecule is N=C(c1cccc(-c2cc(-c3ccc(-c4ccccc4)cc3)nc(-c3ccccc3)n2)c1)c1ccccc1Nc1ccncc1. The maximum atomic E-state index is 9.20. The van der Waals surface area contributed by atoms with Crippen LogP contribution < -0.4 is 5.32 Å². The van der Waals surface area contributed by atoms with E-state index in [2.05, 4.69) is 58.8 Å². The number of hydrogen-bond donors (Lipinski definition) is 2. The van der Waals surface area contributed by atoms with Crippen LogP contribution in [0.15, 0.2) is 164 Å². The Morgan fingerprint density at radius 2 is 1.07 bits per heavy atom. The third-order valence-electron chi connectivity index (χ3n) is 7.65. The van der Waals surface area contributed by atoms with E-state index < -0.39 is 0 Å². The lowest BCUT2D eigenvalue weighted by molar-refractivity contribution is 1.18. The Labute approximate surface area is 262 Å². The average molecular weight is 580 g/mol. The molecule has 0 radical (unpaired) electrons. The van der Waals surface area contributed by atoms with E-state index in [1.165, 1.54) is 5.56 Å². The van der Waals surface area contributed by atoms with Gasteiger partial charge in [0.2, 0.25) is 0 Å². The monoisotopic (exact) mass is 579 g/mol. The predicted molar refractivity (Wildman–Crippen MR) is 184 cm³/mol. The lowest BCUT2D eigenvalue weighted by atomic mass is 9.97. The fourth-order valence-electron chi connectivity index (χ4n) is 5.31. The Kier molecular flexibility index (Phi) is 7.72. The second kappa shape index (κ2) is 12.6. The largest absolute Gasteiger partial charge is 0.355 e. The minimum Gasteiger partial charge on any atom is -0.355 e. The van der Waals surface area contributed by atoms with Crippen molar-refractivity contribution in [3.63, 3.8) is 0 Å². The first-order valence-electron chi connectivity index (χ1n) is 14.8. The molecule has 0 fully saturated rings. The summed E-state index contributed by atoms with van der Waals surface area (Å²) in [5.41, 5.74) is 10.6. The zero-order valence-electron chi connectivity index (χ0n) is 24.4. The van der Waals surface area contributed by atoms with Crippen LogP contribution in [-0.4, -0.2) is 20.7 Å². The van der Waals surface area contributed by atoms with E-state index in [-0.39, 0.29) is 0 Å². The summed E-state index contributed by atoms with van der Waals surface area (Å²) in [4.78, 5) is 14.1. The van der Waals surface area contributed by atoms with Crippen molar-refractivity contribution >= 4 is 17.1 Å². The molecule has 2 aromatic heterocycles. The van der Waals surface area contributed by atoms with Crippen molar-refractivity contribution in [2.45, 2.75) is 0 Å². The number of para-hydroxylation sites is 1. The van der Waals surface area contributed by atoms with Gasteiger partial charge in [-0.2, -0.15) is 0 Å². The molecule has 0 unspecified atom stereocenters. The molecule has 5 aromatic carbocycles. The molecule has 0 aliphatic heterocycles. The number of hydrogen-bond acceptors (Lipinski definition) is 5. The zero-order chi connectivity index (χ0) is 30.4. The number of pyridine rings is 1. The standard InChI is InChI=1S/C40H29N5/c41-39(35-16-7-8-17-36(35)43-34-22-24-42-25-23-34)33-15-9-14-32(26-33)38-27-37(44-40(45-38)31-12-5-2-6-13-31)30-20-18-29(19-21-30)28-10-3-1-4-11-28/h1-27,41H,(H,42,43). The first-order valence-corrected chi connectivity index (χ1v) is 14.8. The molecule has 45 heavy (non-hydrogen) atoms. The Balaban J connectivity index is 1.26. The molecule has 0 saturated heterocycles. The first-order chi connectivity index (χ1) is 22.2. The van der Waals surface area contributed by atoms with Gasteiger partial charge in [0.05, 0.1) is 17.1 Å². The van der Waals surface area contributed by atoms with Gasteiger partial charge in [-0.3, -0.25) is 10.4 Å². The molecule has 0 aliphatic rings. The van der Waals surface area contributed by atoms with Crippen molar-refractivity contribution in [2.24, 2.45) is 0 Å². The lowest BCUT2D eigenvalue weighted by Crippen LogP contribution is -2.06. The molecule has 214 valence electrons. The van der Waals surface area contributed by atoms with Gasteiger partial charge in [0.15, 0.2) is 5.82 Å². The molecule has 0 amide bonds. The molecule has 0 saturated carbocycles. The molecule has 0 aliphatic carbocycles. The molecule has 5 heteroatoms. The quantitative estimate of drug-likeness (QED) is 0.176. The van der Waals surface area contributed by atoms with Crippen LogP contribution in [0, 0.1) is 5.41 Å². The Morgan fingerprint density at radius 3 is 1.80 bits per heavy atom. The Bertz CT molecular complexity index is 2070. The predicted octanol–water partition coefficient (Wildman–Crippen LogP) is 9.70. The van der Waals surface area contributed by atoms with Gasteiger partial charge in [-0.15, -0.1) is 0 Å². The fourth-order valence-corrected chi connectivity index (χ4v) is 5.31. The summed E-state index contributed by atoms with van der Waals surface area (Å²) in [6, 6.07) is 50.7.